The SMILES string of the molecule is CC(C(=O)O)C1CN(C(=O)C[C@H](C)NC(=O)OCC2c3ccccc3-c3ccccc32)C1. The first-order valence-electron chi connectivity index (χ1n) is 11.0. The van der Waals surface area contributed by atoms with Gasteiger partial charge in [-0.15, -0.1) is 0 Å². The summed E-state index contributed by atoms with van der Waals surface area (Å²) in [6, 6.07) is 15.9. The Morgan fingerprint density at radius 1 is 1.03 bits per heavy atom. The number of rotatable bonds is 7. The highest BCUT2D eigenvalue weighted by atomic mass is 16.5. The smallest absolute Gasteiger partial charge is 0.407 e. The first-order chi connectivity index (χ1) is 15.3. The number of carbonyl (C=O) groups is 3. The molecule has 0 spiro atoms. The van der Waals surface area contributed by atoms with Crippen LogP contribution in [0.25, 0.3) is 11.1 Å². The summed E-state index contributed by atoms with van der Waals surface area (Å²) in [6.45, 7) is 4.54. The van der Waals surface area contributed by atoms with Crippen molar-refractivity contribution in [3.8, 4) is 11.1 Å². The highest BCUT2D eigenvalue weighted by molar-refractivity contribution is 5.80. The third kappa shape index (κ3) is 4.33. The molecule has 0 bridgehead atoms. The van der Waals surface area contributed by atoms with E-state index in [1.807, 2.05) is 24.3 Å². The predicted molar refractivity (Wildman–Crippen MR) is 119 cm³/mol. The van der Waals surface area contributed by atoms with Gasteiger partial charge in [0.1, 0.15) is 6.61 Å². The van der Waals surface area contributed by atoms with Crippen molar-refractivity contribution >= 4 is 18.0 Å². The fraction of sp³-hybridized carbons (Fsp3) is 0.400. The van der Waals surface area contributed by atoms with Crippen LogP contribution in [0.3, 0.4) is 0 Å². The summed E-state index contributed by atoms with van der Waals surface area (Å²) in [5, 5.41) is 11.8. The second-order valence-electron chi connectivity index (χ2n) is 8.76. The minimum absolute atomic E-state index is 0.0122. The lowest BCUT2D eigenvalue weighted by atomic mass is 9.87. The van der Waals surface area contributed by atoms with E-state index < -0.39 is 18.0 Å². The first-order valence-corrected chi connectivity index (χ1v) is 11.0. The summed E-state index contributed by atoms with van der Waals surface area (Å²) in [7, 11) is 0. The Labute approximate surface area is 187 Å². The lowest BCUT2D eigenvalue weighted by molar-refractivity contribution is -0.150. The van der Waals surface area contributed by atoms with Crippen molar-refractivity contribution in [2.24, 2.45) is 11.8 Å². The van der Waals surface area contributed by atoms with Gasteiger partial charge < -0.3 is 20.1 Å². The Bertz CT molecular complexity index is 985. The fourth-order valence-corrected chi connectivity index (χ4v) is 4.52. The molecule has 0 radical (unpaired) electrons. The van der Waals surface area contributed by atoms with E-state index in [0.29, 0.717) is 13.1 Å². The van der Waals surface area contributed by atoms with Gasteiger partial charge in [0.25, 0.3) is 0 Å². The molecule has 1 fully saturated rings. The monoisotopic (exact) mass is 436 g/mol. The van der Waals surface area contributed by atoms with Gasteiger partial charge in [0.05, 0.1) is 5.92 Å². The number of hydrogen-bond acceptors (Lipinski definition) is 4. The molecule has 168 valence electrons. The van der Waals surface area contributed by atoms with Crippen molar-refractivity contribution in [1.82, 2.24) is 10.2 Å². The summed E-state index contributed by atoms with van der Waals surface area (Å²) >= 11 is 0. The lowest BCUT2D eigenvalue weighted by Gasteiger charge is -2.41. The number of nitrogens with zero attached hydrogens (tertiary/aromatic N) is 1. The van der Waals surface area contributed by atoms with Crippen LogP contribution in [-0.2, 0) is 14.3 Å². The fourth-order valence-electron chi connectivity index (χ4n) is 4.52. The summed E-state index contributed by atoms with van der Waals surface area (Å²) in [5.41, 5.74) is 4.63. The predicted octanol–water partition coefficient (Wildman–Crippen LogP) is 3.48. The van der Waals surface area contributed by atoms with Gasteiger partial charge in [0.2, 0.25) is 5.91 Å². The van der Waals surface area contributed by atoms with Crippen molar-refractivity contribution in [2.45, 2.75) is 32.2 Å². The van der Waals surface area contributed by atoms with Crippen LogP contribution in [0.5, 0.6) is 0 Å². The summed E-state index contributed by atoms with van der Waals surface area (Å²) in [5.74, 6) is -1.42. The largest absolute Gasteiger partial charge is 0.481 e. The zero-order valence-corrected chi connectivity index (χ0v) is 18.3. The van der Waals surface area contributed by atoms with E-state index in [9.17, 15) is 14.4 Å². The number of carboxylic acids is 1. The third-order valence-corrected chi connectivity index (χ3v) is 6.55. The average molecular weight is 437 g/mol. The molecule has 1 aliphatic heterocycles. The maximum absolute atomic E-state index is 12.4. The van der Waals surface area contributed by atoms with Gasteiger partial charge in [-0.2, -0.15) is 0 Å². The molecule has 2 atom stereocenters. The molecule has 1 heterocycles. The minimum Gasteiger partial charge on any atom is -0.481 e. The van der Waals surface area contributed by atoms with Gasteiger partial charge in [-0.1, -0.05) is 55.5 Å². The zero-order valence-electron chi connectivity index (χ0n) is 18.3. The highest BCUT2D eigenvalue weighted by Crippen LogP contribution is 2.44. The number of ether oxygens (including phenoxy) is 1. The van der Waals surface area contributed by atoms with E-state index in [2.05, 4.69) is 29.6 Å². The van der Waals surface area contributed by atoms with Gasteiger partial charge >= 0.3 is 12.1 Å². The number of likely N-dealkylation sites (tertiary alicyclic amines) is 1. The van der Waals surface area contributed by atoms with Crippen LogP contribution >= 0.6 is 0 Å². The second kappa shape index (κ2) is 9.02. The number of carbonyl (C=O) groups excluding carboxylic acids is 2. The molecule has 1 saturated heterocycles. The molecular formula is C25H28N2O5. The van der Waals surface area contributed by atoms with Crippen molar-refractivity contribution < 1.29 is 24.2 Å². The van der Waals surface area contributed by atoms with E-state index in [1.165, 1.54) is 11.1 Å². The van der Waals surface area contributed by atoms with Crippen LogP contribution in [-0.4, -0.2) is 53.7 Å². The van der Waals surface area contributed by atoms with E-state index in [4.69, 9.17) is 9.84 Å². The topological polar surface area (TPSA) is 95.9 Å². The Morgan fingerprint density at radius 2 is 1.59 bits per heavy atom. The van der Waals surface area contributed by atoms with E-state index in [1.54, 1.807) is 18.7 Å². The zero-order chi connectivity index (χ0) is 22.8. The number of nitrogens with one attached hydrogen (secondary N) is 1. The van der Waals surface area contributed by atoms with Crippen LogP contribution in [0, 0.1) is 11.8 Å². The normalized spacial score (nSPS) is 17.0. The van der Waals surface area contributed by atoms with Crippen molar-refractivity contribution in [2.75, 3.05) is 19.7 Å². The van der Waals surface area contributed by atoms with Crippen LogP contribution in [0.1, 0.15) is 37.3 Å². The summed E-state index contributed by atoms with van der Waals surface area (Å²) in [6.07, 6.45) is -0.397. The van der Waals surface area contributed by atoms with Gasteiger partial charge in [-0.05, 0) is 29.2 Å². The number of fused-ring (bicyclic) bond motifs is 3. The minimum atomic E-state index is -0.840. The van der Waals surface area contributed by atoms with Crippen LogP contribution in [0.2, 0.25) is 0 Å². The van der Waals surface area contributed by atoms with Crippen molar-refractivity contribution in [3.05, 3.63) is 59.7 Å². The Hall–Kier alpha value is -3.35. The molecule has 2 aromatic carbocycles. The molecule has 4 rings (SSSR count). The maximum atomic E-state index is 12.4. The van der Waals surface area contributed by atoms with Gasteiger partial charge in [-0.25, -0.2) is 4.79 Å². The molecule has 0 aromatic heterocycles. The van der Waals surface area contributed by atoms with Gasteiger partial charge in [0, 0.05) is 37.4 Å². The number of amides is 2. The average Bonchev–Trinajstić information content (AvgIpc) is 3.04. The molecule has 0 saturated carbocycles. The van der Waals surface area contributed by atoms with E-state index in [-0.39, 0.29) is 36.8 Å². The van der Waals surface area contributed by atoms with E-state index >= 15 is 0 Å². The number of benzene rings is 2. The third-order valence-electron chi connectivity index (χ3n) is 6.55. The number of hydrogen-bond donors (Lipinski definition) is 2. The molecule has 2 aliphatic rings. The number of carboxylic acid groups (broad SMARTS) is 1. The summed E-state index contributed by atoms with van der Waals surface area (Å²) in [4.78, 5) is 37.4. The summed E-state index contributed by atoms with van der Waals surface area (Å²) < 4.78 is 5.53. The Morgan fingerprint density at radius 3 is 2.16 bits per heavy atom. The first kappa shape index (κ1) is 21.9. The van der Waals surface area contributed by atoms with E-state index in [0.717, 1.165) is 11.1 Å². The molecule has 7 heteroatoms. The number of alkyl carbamates (subject to hydrolysis) is 1. The van der Waals surface area contributed by atoms with Crippen LogP contribution in [0.15, 0.2) is 48.5 Å². The maximum Gasteiger partial charge on any atom is 0.407 e. The quantitative estimate of drug-likeness (QED) is 0.693. The lowest BCUT2D eigenvalue weighted by Crippen LogP contribution is -2.54. The molecule has 2 amide bonds. The molecule has 7 nitrogen and oxygen atoms in total. The van der Waals surface area contributed by atoms with Crippen molar-refractivity contribution in [3.63, 3.8) is 0 Å². The molecule has 32 heavy (non-hydrogen) atoms. The number of aliphatic carboxylic acids is 1. The molecule has 2 N–H and O–H groups in total. The van der Waals surface area contributed by atoms with Crippen LogP contribution in [0.4, 0.5) is 4.79 Å². The molecule has 1 unspecified atom stereocenters. The Kier molecular flexibility index (Phi) is 6.17. The highest BCUT2D eigenvalue weighted by Gasteiger charge is 2.37. The standard InChI is InChI=1S/C25H28N2O5/c1-15(11-23(28)27-12-17(13-27)16(2)24(29)30)26-25(31)32-14-22-20-9-5-3-7-18(20)19-8-4-6-10-21(19)22/h3-10,15-17,22H,11-14H2,1-2H3,(H,26,31)(H,29,30)/t15-,16?/m0/s1. The second-order valence-corrected chi connectivity index (χ2v) is 8.76. The van der Waals surface area contributed by atoms with Gasteiger partial charge in [0.15, 0.2) is 0 Å². The van der Waals surface area contributed by atoms with Crippen molar-refractivity contribution in [1.29, 1.82) is 0 Å². The van der Waals surface area contributed by atoms with Gasteiger partial charge in [-0.3, -0.25) is 9.59 Å². The molecule has 2 aromatic rings. The molecular weight excluding hydrogens is 408 g/mol. The Balaban J connectivity index is 1.26. The molecule has 1 aliphatic carbocycles. The van der Waals surface area contributed by atoms with Crippen LogP contribution < -0.4 is 5.32 Å².